The number of nitrogens with one attached hydrogen (secondary N) is 1. The Morgan fingerprint density at radius 1 is 1.56 bits per heavy atom. The SMILES string of the molecule is CNC(=O)CN1CCC(SC)(C(N)=S)CC1. The molecule has 16 heavy (non-hydrogen) atoms. The Labute approximate surface area is 106 Å². The first kappa shape index (κ1) is 13.7. The Bertz CT molecular complexity index is 275. The van der Waals surface area contributed by atoms with Crippen LogP contribution in [0, 0.1) is 0 Å². The van der Waals surface area contributed by atoms with Crippen LogP contribution in [-0.2, 0) is 4.79 Å². The van der Waals surface area contributed by atoms with E-state index < -0.39 is 0 Å². The molecule has 0 bridgehead atoms. The molecule has 1 heterocycles. The van der Waals surface area contributed by atoms with Crippen molar-refractivity contribution in [2.24, 2.45) is 5.73 Å². The van der Waals surface area contributed by atoms with Crippen molar-refractivity contribution in [1.29, 1.82) is 0 Å². The minimum absolute atomic E-state index is 0.0610. The minimum atomic E-state index is -0.0610. The predicted octanol–water partition coefficient (Wildman–Crippen LogP) is 0.216. The normalized spacial score (nSPS) is 20.4. The van der Waals surface area contributed by atoms with Crippen LogP contribution in [0.5, 0.6) is 0 Å². The number of likely N-dealkylation sites (tertiary alicyclic amines) is 1. The van der Waals surface area contributed by atoms with E-state index in [-0.39, 0.29) is 10.7 Å². The van der Waals surface area contributed by atoms with Gasteiger partial charge in [-0.05, 0) is 19.1 Å². The van der Waals surface area contributed by atoms with Crippen LogP contribution in [0.4, 0.5) is 0 Å². The number of amides is 1. The van der Waals surface area contributed by atoms with Crippen molar-refractivity contribution in [3.8, 4) is 0 Å². The summed E-state index contributed by atoms with van der Waals surface area (Å²) in [4.78, 5) is 14.0. The second-order valence-corrected chi connectivity index (χ2v) is 5.64. The fraction of sp³-hybridized carbons (Fsp3) is 0.800. The minimum Gasteiger partial charge on any atom is -0.392 e. The van der Waals surface area contributed by atoms with Gasteiger partial charge in [-0.3, -0.25) is 9.69 Å². The Morgan fingerprint density at radius 3 is 2.50 bits per heavy atom. The number of piperidine rings is 1. The summed E-state index contributed by atoms with van der Waals surface area (Å²) in [5.41, 5.74) is 5.80. The molecule has 6 heteroatoms. The standard InChI is InChI=1S/C10H19N3OS2/c1-12-8(14)7-13-5-3-10(16-2,4-6-13)9(11)15/h3-7H2,1-2H3,(H2,11,15)(H,12,14). The first-order chi connectivity index (χ1) is 7.54. The van der Waals surface area contributed by atoms with Crippen molar-refractivity contribution in [2.45, 2.75) is 17.6 Å². The van der Waals surface area contributed by atoms with Crippen LogP contribution in [0.25, 0.3) is 0 Å². The van der Waals surface area contributed by atoms with Gasteiger partial charge in [0.15, 0.2) is 0 Å². The van der Waals surface area contributed by atoms with Gasteiger partial charge in [0, 0.05) is 20.1 Å². The summed E-state index contributed by atoms with van der Waals surface area (Å²) >= 11 is 6.87. The Kier molecular flexibility index (Phi) is 5.01. The first-order valence-electron chi connectivity index (χ1n) is 5.32. The van der Waals surface area contributed by atoms with Gasteiger partial charge >= 0.3 is 0 Å². The Hall–Kier alpha value is -0.330. The predicted molar refractivity (Wildman–Crippen MR) is 72.8 cm³/mol. The molecule has 1 saturated heterocycles. The molecule has 1 fully saturated rings. The molecular formula is C10H19N3OS2. The van der Waals surface area contributed by atoms with E-state index in [1.165, 1.54) is 0 Å². The van der Waals surface area contributed by atoms with Gasteiger partial charge in [-0.25, -0.2) is 0 Å². The summed E-state index contributed by atoms with van der Waals surface area (Å²) in [5, 5.41) is 2.63. The molecule has 0 spiro atoms. The molecule has 4 nitrogen and oxygen atoms in total. The van der Waals surface area contributed by atoms with E-state index in [0.717, 1.165) is 25.9 Å². The molecule has 0 aromatic carbocycles. The molecule has 1 rings (SSSR count). The third-order valence-corrected chi connectivity index (χ3v) is 5.08. The highest BCUT2D eigenvalue weighted by atomic mass is 32.2. The number of nitrogens with zero attached hydrogens (tertiary/aromatic N) is 1. The fourth-order valence-corrected chi connectivity index (χ4v) is 3.15. The van der Waals surface area contributed by atoms with Crippen LogP contribution in [0.1, 0.15) is 12.8 Å². The fourth-order valence-electron chi connectivity index (χ4n) is 1.91. The molecule has 0 aromatic heterocycles. The molecular weight excluding hydrogens is 242 g/mol. The van der Waals surface area contributed by atoms with E-state index in [4.69, 9.17) is 18.0 Å². The van der Waals surface area contributed by atoms with Crippen molar-refractivity contribution >= 4 is 34.9 Å². The van der Waals surface area contributed by atoms with Crippen LogP contribution in [0.15, 0.2) is 0 Å². The van der Waals surface area contributed by atoms with Gasteiger partial charge in [0.05, 0.1) is 16.3 Å². The van der Waals surface area contributed by atoms with Crippen molar-refractivity contribution in [3.63, 3.8) is 0 Å². The van der Waals surface area contributed by atoms with Crippen molar-refractivity contribution in [1.82, 2.24) is 10.2 Å². The molecule has 1 aliphatic rings. The number of likely N-dealkylation sites (N-methyl/N-ethyl adjacent to an activating group) is 1. The number of thioether (sulfide) groups is 1. The molecule has 0 atom stereocenters. The van der Waals surface area contributed by atoms with Crippen molar-refractivity contribution < 1.29 is 4.79 Å². The number of nitrogens with two attached hydrogens (primary N) is 1. The number of thiocarbonyl (C=S) groups is 1. The van der Waals surface area contributed by atoms with Crippen LogP contribution in [0.3, 0.4) is 0 Å². The molecule has 3 N–H and O–H groups in total. The van der Waals surface area contributed by atoms with Gasteiger partial charge in [0.2, 0.25) is 5.91 Å². The first-order valence-corrected chi connectivity index (χ1v) is 6.95. The third-order valence-electron chi connectivity index (χ3n) is 3.15. The largest absolute Gasteiger partial charge is 0.392 e. The number of carbonyl (C=O) groups is 1. The summed E-state index contributed by atoms with van der Waals surface area (Å²) in [5.74, 6) is 0.0620. The zero-order chi connectivity index (χ0) is 12.2. The summed E-state index contributed by atoms with van der Waals surface area (Å²) in [6.07, 6.45) is 3.91. The second kappa shape index (κ2) is 5.84. The summed E-state index contributed by atoms with van der Waals surface area (Å²) in [7, 11) is 1.66. The van der Waals surface area contributed by atoms with E-state index in [9.17, 15) is 4.79 Å². The van der Waals surface area contributed by atoms with Crippen molar-refractivity contribution in [2.75, 3.05) is 32.9 Å². The molecule has 0 aromatic rings. The number of hydrogen-bond acceptors (Lipinski definition) is 4. The maximum atomic E-state index is 11.2. The van der Waals surface area contributed by atoms with E-state index in [1.54, 1.807) is 18.8 Å². The zero-order valence-electron chi connectivity index (χ0n) is 9.78. The lowest BCUT2D eigenvalue weighted by molar-refractivity contribution is -0.122. The summed E-state index contributed by atoms with van der Waals surface area (Å²) in [6.45, 7) is 2.23. The van der Waals surface area contributed by atoms with Crippen LogP contribution >= 0.6 is 24.0 Å². The topological polar surface area (TPSA) is 58.4 Å². The molecule has 92 valence electrons. The molecule has 0 radical (unpaired) electrons. The van der Waals surface area contributed by atoms with Gasteiger partial charge in [-0.1, -0.05) is 12.2 Å². The lowest BCUT2D eigenvalue weighted by atomic mass is 9.95. The maximum Gasteiger partial charge on any atom is 0.233 e. The van der Waals surface area contributed by atoms with E-state index >= 15 is 0 Å². The number of hydrogen-bond donors (Lipinski definition) is 2. The summed E-state index contributed by atoms with van der Waals surface area (Å²) in [6, 6.07) is 0. The lowest BCUT2D eigenvalue weighted by Gasteiger charge is -2.39. The highest BCUT2D eigenvalue weighted by Crippen LogP contribution is 2.34. The quantitative estimate of drug-likeness (QED) is 0.709. The van der Waals surface area contributed by atoms with Gasteiger partial charge in [-0.2, -0.15) is 11.8 Å². The zero-order valence-corrected chi connectivity index (χ0v) is 11.4. The van der Waals surface area contributed by atoms with Crippen LogP contribution in [0.2, 0.25) is 0 Å². The molecule has 0 unspecified atom stereocenters. The van der Waals surface area contributed by atoms with E-state index in [1.807, 2.05) is 6.26 Å². The molecule has 1 amide bonds. The molecule has 0 aliphatic carbocycles. The van der Waals surface area contributed by atoms with E-state index in [2.05, 4.69) is 10.2 Å². The van der Waals surface area contributed by atoms with Gasteiger partial charge in [0.1, 0.15) is 0 Å². The Balaban J connectivity index is 2.49. The average molecular weight is 261 g/mol. The highest BCUT2D eigenvalue weighted by molar-refractivity contribution is 8.02. The van der Waals surface area contributed by atoms with Crippen molar-refractivity contribution in [3.05, 3.63) is 0 Å². The molecule has 1 aliphatic heterocycles. The number of rotatable bonds is 4. The van der Waals surface area contributed by atoms with Gasteiger partial charge in [-0.15, -0.1) is 0 Å². The van der Waals surface area contributed by atoms with Crippen LogP contribution in [-0.4, -0.2) is 53.5 Å². The second-order valence-electron chi connectivity index (χ2n) is 4.01. The monoisotopic (exact) mass is 261 g/mol. The van der Waals surface area contributed by atoms with Gasteiger partial charge in [0.25, 0.3) is 0 Å². The smallest absolute Gasteiger partial charge is 0.233 e. The molecule has 0 saturated carbocycles. The third kappa shape index (κ3) is 3.09. The Morgan fingerprint density at radius 2 is 2.12 bits per heavy atom. The van der Waals surface area contributed by atoms with Crippen LogP contribution < -0.4 is 11.1 Å². The highest BCUT2D eigenvalue weighted by Gasteiger charge is 2.36. The van der Waals surface area contributed by atoms with E-state index in [0.29, 0.717) is 11.5 Å². The summed E-state index contributed by atoms with van der Waals surface area (Å²) < 4.78 is -0.0610. The maximum absolute atomic E-state index is 11.2. The average Bonchev–Trinajstić information content (AvgIpc) is 2.29. The number of carbonyl (C=O) groups excluding carboxylic acids is 1. The lowest BCUT2D eigenvalue weighted by Crippen LogP contribution is -2.50. The van der Waals surface area contributed by atoms with Gasteiger partial charge < -0.3 is 11.1 Å².